The number of ketones is 1. The highest BCUT2D eigenvalue weighted by Crippen LogP contribution is 2.18. The number of hydrogen-bond donors (Lipinski definition) is 1. The molecule has 6 nitrogen and oxygen atoms in total. The van der Waals surface area contributed by atoms with Crippen LogP contribution in [0.1, 0.15) is 49.0 Å². The van der Waals surface area contributed by atoms with Gasteiger partial charge in [0.15, 0.2) is 18.5 Å². The lowest BCUT2D eigenvalue weighted by Crippen LogP contribution is -2.38. The second kappa shape index (κ2) is 11.0. The predicted molar refractivity (Wildman–Crippen MR) is 110 cm³/mol. The zero-order valence-corrected chi connectivity index (χ0v) is 17.0. The fourth-order valence-corrected chi connectivity index (χ4v) is 2.80. The van der Waals surface area contributed by atoms with Crippen LogP contribution in [0, 0.1) is 0 Å². The molecule has 1 amide bonds. The first kappa shape index (κ1) is 22.1. The van der Waals surface area contributed by atoms with E-state index >= 15 is 0 Å². The lowest BCUT2D eigenvalue weighted by Gasteiger charge is -2.18. The van der Waals surface area contributed by atoms with Crippen molar-refractivity contribution in [3.05, 3.63) is 65.7 Å². The number of benzene rings is 2. The highest BCUT2D eigenvalue weighted by atomic mass is 16.6. The Kier molecular flexibility index (Phi) is 8.40. The van der Waals surface area contributed by atoms with Crippen LogP contribution >= 0.6 is 0 Å². The van der Waals surface area contributed by atoms with E-state index in [-0.39, 0.29) is 24.2 Å². The number of esters is 1. The summed E-state index contributed by atoms with van der Waals surface area (Å²) in [6.45, 7) is 5.22. The number of rotatable bonds is 10. The van der Waals surface area contributed by atoms with Crippen molar-refractivity contribution in [2.24, 2.45) is 0 Å². The molecule has 0 aliphatic heterocycles. The Morgan fingerprint density at radius 3 is 2.24 bits per heavy atom. The molecule has 2 aromatic carbocycles. The van der Waals surface area contributed by atoms with Crippen LogP contribution in [0.5, 0.6) is 5.75 Å². The Hall–Kier alpha value is -3.15. The van der Waals surface area contributed by atoms with Crippen LogP contribution in [0.25, 0.3) is 0 Å². The summed E-state index contributed by atoms with van der Waals surface area (Å²) < 4.78 is 10.5. The van der Waals surface area contributed by atoms with Gasteiger partial charge in [-0.3, -0.25) is 9.59 Å². The minimum Gasteiger partial charge on any atom is -0.482 e. The third kappa shape index (κ3) is 7.07. The molecule has 0 heterocycles. The van der Waals surface area contributed by atoms with Crippen molar-refractivity contribution >= 4 is 17.7 Å². The first-order chi connectivity index (χ1) is 13.9. The first-order valence-electron chi connectivity index (χ1n) is 9.66. The smallest absolute Gasteiger partial charge is 0.344 e. The average Bonchev–Trinajstić information content (AvgIpc) is 2.73. The van der Waals surface area contributed by atoms with Gasteiger partial charge in [-0.2, -0.15) is 0 Å². The number of carbonyl (C=O) groups is 3. The molecule has 1 N–H and O–H groups in total. The van der Waals surface area contributed by atoms with Gasteiger partial charge in [0.2, 0.25) is 0 Å². The van der Waals surface area contributed by atoms with Gasteiger partial charge in [0.1, 0.15) is 5.75 Å². The molecule has 0 aromatic heterocycles. The largest absolute Gasteiger partial charge is 0.482 e. The van der Waals surface area contributed by atoms with Gasteiger partial charge in [-0.15, -0.1) is 0 Å². The fourth-order valence-electron chi connectivity index (χ4n) is 2.80. The Bertz CT molecular complexity index is 817. The Labute approximate surface area is 171 Å². The zero-order chi connectivity index (χ0) is 21.2. The molecule has 0 saturated carbocycles. The Balaban J connectivity index is 1.76. The van der Waals surface area contributed by atoms with E-state index < -0.39 is 12.1 Å². The van der Waals surface area contributed by atoms with Crippen molar-refractivity contribution in [2.75, 3.05) is 13.2 Å². The van der Waals surface area contributed by atoms with Gasteiger partial charge in [0.25, 0.3) is 5.91 Å². The second-order valence-corrected chi connectivity index (χ2v) is 6.76. The van der Waals surface area contributed by atoms with E-state index in [1.165, 1.54) is 13.8 Å². The van der Waals surface area contributed by atoms with Gasteiger partial charge in [0, 0.05) is 18.0 Å². The summed E-state index contributed by atoms with van der Waals surface area (Å²) in [6, 6.07) is 16.4. The van der Waals surface area contributed by atoms with Crippen molar-refractivity contribution in [2.45, 2.75) is 39.2 Å². The Morgan fingerprint density at radius 2 is 1.66 bits per heavy atom. The molecule has 0 saturated heterocycles. The van der Waals surface area contributed by atoms with Crippen molar-refractivity contribution in [1.29, 1.82) is 0 Å². The van der Waals surface area contributed by atoms with E-state index in [0.717, 1.165) is 12.0 Å². The quantitative estimate of drug-likeness (QED) is 0.490. The third-order valence-electron chi connectivity index (χ3n) is 4.58. The number of hydrogen-bond acceptors (Lipinski definition) is 5. The van der Waals surface area contributed by atoms with Gasteiger partial charge in [0.05, 0.1) is 0 Å². The van der Waals surface area contributed by atoms with E-state index in [1.807, 2.05) is 30.3 Å². The van der Waals surface area contributed by atoms with E-state index in [4.69, 9.17) is 9.47 Å². The second-order valence-electron chi connectivity index (χ2n) is 6.76. The molecule has 154 valence electrons. The molecule has 2 aromatic rings. The predicted octanol–water partition coefficient (Wildman–Crippen LogP) is 3.51. The van der Waals surface area contributed by atoms with E-state index in [1.54, 1.807) is 24.3 Å². The minimum atomic E-state index is -0.917. The van der Waals surface area contributed by atoms with Crippen LogP contribution < -0.4 is 10.1 Å². The van der Waals surface area contributed by atoms with Gasteiger partial charge in [-0.05, 0) is 50.1 Å². The monoisotopic (exact) mass is 397 g/mol. The molecule has 2 rings (SSSR count). The van der Waals surface area contributed by atoms with Crippen LogP contribution in [-0.4, -0.2) is 36.9 Å². The van der Waals surface area contributed by atoms with Crippen LogP contribution in [0.4, 0.5) is 0 Å². The van der Waals surface area contributed by atoms with Crippen LogP contribution in [0.2, 0.25) is 0 Å². The highest BCUT2D eigenvalue weighted by Gasteiger charge is 2.19. The molecule has 0 aliphatic rings. The summed E-state index contributed by atoms with van der Waals surface area (Å²) in [5.41, 5.74) is 1.72. The number of Topliss-reactive ketones (excluding diaryl/α,β-unsaturated/α-hetero) is 1. The number of amides is 1. The van der Waals surface area contributed by atoms with Gasteiger partial charge in [-0.25, -0.2) is 4.79 Å². The molecule has 0 fully saturated rings. The minimum absolute atomic E-state index is 0.0478. The molecule has 0 aliphatic carbocycles. The maximum Gasteiger partial charge on any atom is 0.344 e. The topological polar surface area (TPSA) is 81.7 Å². The molecule has 0 spiro atoms. The van der Waals surface area contributed by atoms with Gasteiger partial charge < -0.3 is 14.8 Å². The van der Waals surface area contributed by atoms with Crippen molar-refractivity contribution in [3.8, 4) is 5.75 Å². The summed E-state index contributed by atoms with van der Waals surface area (Å²) in [6.07, 6.45) is -0.0335. The van der Waals surface area contributed by atoms with E-state index in [2.05, 4.69) is 12.2 Å². The third-order valence-corrected chi connectivity index (χ3v) is 4.58. The Morgan fingerprint density at radius 1 is 1.00 bits per heavy atom. The maximum absolute atomic E-state index is 12.2. The van der Waals surface area contributed by atoms with Crippen LogP contribution in [0.3, 0.4) is 0 Å². The molecule has 29 heavy (non-hydrogen) atoms. The van der Waals surface area contributed by atoms with E-state index in [9.17, 15) is 14.4 Å². The van der Waals surface area contributed by atoms with Crippen LogP contribution in [0.15, 0.2) is 54.6 Å². The average molecular weight is 397 g/mol. The maximum atomic E-state index is 12.2. The highest BCUT2D eigenvalue weighted by molar-refractivity contribution is 5.94. The molecular weight excluding hydrogens is 370 g/mol. The molecular formula is C23H27NO5. The number of carbonyl (C=O) groups excluding carboxylic acids is 3. The summed E-state index contributed by atoms with van der Waals surface area (Å²) in [4.78, 5) is 35.4. The molecule has 0 bridgehead atoms. The van der Waals surface area contributed by atoms with Crippen LogP contribution in [-0.2, 0) is 14.3 Å². The molecule has 2 atom stereocenters. The lowest BCUT2D eigenvalue weighted by atomic mass is 9.96. The molecule has 0 radical (unpaired) electrons. The normalized spacial score (nSPS) is 12.5. The van der Waals surface area contributed by atoms with E-state index in [0.29, 0.717) is 17.9 Å². The fraction of sp³-hybridized carbons (Fsp3) is 0.348. The molecule has 6 heteroatoms. The number of ether oxygens (including phenoxy) is 2. The number of nitrogens with one attached hydrogen (secondary N) is 1. The standard InChI is InChI=1S/C23H27NO5/c1-4-18(20-8-6-5-7-9-20)14-24-23(27)17(3)29-22(26)15-28-21-12-10-19(11-13-21)16(2)25/h5-13,17-18H,4,14-15H2,1-3H3,(H,24,27)/t17-,18+/m0/s1. The first-order valence-corrected chi connectivity index (χ1v) is 9.66. The van der Waals surface area contributed by atoms with Gasteiger partial charge in [-0.1, -0.05) is 37.3 Å². The summed E-state index contributed by atoms with van der Waals surface area (Å²) in [5, 5.41) is 2.84. The van der Waals surface area contributed by atoms with Crippen molar-refractivity contribution in [3.63, 3.8) is 0 Å². The SMILES string of the molecule is CC[C@H](CNC(=O)[C@H](C)OC(=O)COc1ccc(C(C)=O)cc1)c1ccccc1. The zero-order valence-electron chi connectivity index (χ0n) is 17.0. The summed E-state index contributed by atoms with van der Waals surface area (Å²) in [5.74, 6) is -0.396. The van der Waals surface area contributed by atoms with Crippen molar-refractivity contribution in [1.82, 2.24) is 5.32 Å². The van der Waals surface area contributed by atoms with Gasteiger partial charge >= 0.3 is 5.97 Å². The van der Waals surface area contributed by atoms with Crippen molar-refractivity contribution < 1.29 is 23.9 Å². The lowest BCUT2D eigenvalue weighted by molar-refractivity contribution is -0.156. The summed E-state index contributed by atoms with van der Waals surface area (Å²) in [7, 11) is 0. The molecule has 0 unspecified atom stereocenters. The summed E-state index contributed by atoms with van der Waals surface area (Å²) >= 11 is 0.